The van der Waals surface area contributed by atoms with Gasteiger partial charge in [-0.25, -0.2) is 0 Å². The van der Waals surface area contributed by atoms with Gasteiger partial charge in [-0.3, -0.25) is 9.59 Å². The number of nitrogens with one attached hydrogen (secondary N) is 1. The molecule has 0 saturated carbocycles. The van der Waals surface area contributed by atoms with Crippen LogP contribution in [0.5, 0.6) is 23.0 Å². The molecule has 0 unspecified atom stereocenters. The van der Waals surface area contributed by atoms with Crippen molar-refractivity contribution in [2.45, 2.75) is 19.4 Å². The summed E-state index contributed by atoms with van der Waals surface area (Å²) >= 11 is 6.12. The Hall–Kier alpha value is -3.91. The fourth-order valence-corrected chi connectivity index (χ4v) is 3.77. The van der Waals surface area contributed by atoms with Crippen molar-refractivity contribution >= 4 is 34.8 Å². The maximum atomic E-state index is 13.4. The monoisotopic (exact) mass is 512 g/mol. The van der Waals surface area contributed by atoms with Crippen molar-refractivity contribution in [3.05, 3.63) is 71.2 Å². The average molecular weight is 513 g/mol. The van der Waals surface area contributed by atoms with Gasteiger partial charge in [0.2, 0.25) is 17.6 Å². The summed E-state index contributed by atoms with van der Waals surface area (Å²) < 4.78 is 21.6. The van der Waals surface area contributed by atoms with Crippen molar-refractivity contribution in [2.75, 3.05) is 38.7 Å². The minimum Gasteiger partial charge on any atom is -0.497 e. The molecule has 0 fully saturated rings. The van der Waals surface area contributed by atoms with E-state index in [0.717, 1.165) is 5.56 Å². The third-order valence-corrected chi connectivity index (χ3v) is 5.81. The lowest BCUT2D eigenvalue weighted by atomic mass is 10.1. The second kappa shape index (κ2) is 12.7. The molecule has 9 heteroatoms. The first kappa shape index (κ1) is 26.7. The summed E-state index contributed by atoms with van der Waals surface area (Å²) in [4.78, 5) is 27.5. The van der Waals surface area contributed by atoms with Gasteiger partial charge in [0.15, 0.2) is 11.5 Å². The van der Waals surface area contributed by atoms with Gasteiger partial charge in [-0.1, -0.05) is 35.9 Å². The van der Waals surface area contributed by atoms with Crippen LogP contribution < -0.4 is 29.2 Å². The third kappa shape index (κ3) is 6.60. The van der Waals surface area contributed by atoms with Crippen molar-refractivity contribution in [1.82, 2.24) is 0 Å². The molecule has 0 atom stereocenters. The highest BCUT2D eigenvalue weighted by atomic mass is 35.5. The van der Waals surface area contributed by atoms with E-state index in [1.807, 2.05) is 24.3 Å². The molecule has 2 amide bonds. The minimum atomic E-state index is -0.314. The predicted octanol–water partition coefficient (Wildman–Crippen LogP) is 5.33. The van der Waals surface area contributed by atoms with E-state index in [1.165, 1.54) is 21.3 Å². The van der Waals surface area contributed by atoms with Crippen molar-refractivity contribution in [1.29, 1.82) is 0 Å². The summed E-state index contributed by atoms with van der Waals surface area (Å²) in [6, 6.07) is 17.7. The molecule has 36 heavy (non-hydrogen) atoms. The molecule has 0 saturated heterocycles. The number of para-hydroxylation sites is 1. The maximum absolute atomic E-state index is 13.4. The number of rotatable bonds is 11. The van der Waals surface area contributed by atoms with E-state index < -0.39 is 0 Å². The van der Waals surface area contributed by atoms with Crippen LogP contribution in [0.1, 0.15) is 18.4 Å². The highest BCUT2D eigenvalue weighted by Gasteiger charge is 2.22. The van der Waals surface area contributed by atoms with Crippen LogP contribution in [0.3, 0.4) is 0 Å². The highest BCUT2D eigenvalue weighted by molar-refractivity contribution is 6.33. The number of hydrogen-bond donors (Lipinski definition) is 1. The highest BCUT2D eigenvalue weighted by Crippen LogP contribution is 2.41. The molecule has 0 aromatic heterocycles. The van der Waals surface area contributed by atoms with Crippen LogP contribution in [0, 0.1) is 0 Å². The number of carbonyl (C=O) groups is 2. The molecular weight excluding hydrogens is 484 g/mol. The van der Waals surface area contributed by atoms with E-state index in [9.17, 15) is 9.59 Å². The summed E-state index contributed by atoms with van der Waals surface area (Å²) in [6.45, 7) is 0.258. The molecule has 0 spiro atoms. The lowest BCUT2D eigenvalue weighted by Gasteiger charge is -2.25. The Labute approximate surface area is 215 Å². The Balaban J connectivity index is 1.86. The average Bonchev–Trinajstić information content (AvgIpc) is 2.91. The number of benzene rings is 3. The van der Waals surface area contributed by atoms with Crippen LogP contribution in [-0.4, -0.2) is 40.3 Å². The SMILES string of the molecule is COc1ccc(CN(C(=O)CCC(=O)Nc2ccccc2Cl)c2cc(OC)c(OC)c(OC)c2)cc1. The Morgan fingerprint density at radius 1 is 0.833 bits per heavy atom. The standard InChI is InChI=1S/C27H29ClN2O6/c1-33-20-11-9-18(10-12-20)17-30(19-15-23(34-2)27(36-4)24(16-19)35-3)26(32)14-13-25(31)29-22-8-6-5-7-21(22)28/h5-12,15-16H,13-14,17H2,1-4H3,(H,29,31). The fourth-order valence-electron chi connectivity index (χ4n) is 3.59. The number of hydrogen-bond acceptors (Lipinski definition) is 6. The Kier molecular flexibility index (Phi) is 9.41. The van der Waals surface area contributed by atoms with E-state index >= 15 is 0 Å². The van der Waals surface area contributed by atoms with Crippen LogP contribution in [-0.2, 0) is 16.1 Å². The Morgan fingerprint density at radius 2 is 1.47 bits per heavy atom. The van der Waals surface area contributed by atoms with Crippen molar-refractivity contribution in [3.8, 4) is 23.0 Å². The van der Waals surface area contributed by atoms with Crippen molar-refractivity contribution in [3.63, 3.8) is 0 Å². The van der Waals surface area contributed by atoms with Gasteiger partial charge in [0, 0.05) is 25.0 Å². The normalized spacial score (nSPS) is 10.4. The Bertz CT molecular complexity index is 1170. The number of methoxy groups -OCH3 is 4. The largest absolute Gasteiger partial charge is 0.497 e. The van der Waals surface area contributed by atoms with Crippen LogP contribution >= 0.6 is 11.6 Å². The number of halogens is 1. The number of nitrogens with zero attached hydrogens (tertiary/aromatic N) is 1. The van der Waals surface area contributed by atoms with E-state index in [1.54, 1.807) is 48.4 Å². The molecule has 1 N–H and O–H groups in total. The van der Waals surface area contributed by atoms with E-state index in [-0.39, 0.29) is 31.2 Å². The molecule has 3 aromatic carbocycles. The lowest BCUT2D eigenvalue weighted by Crippen LogP contribution is -2.31. The van der Waals surface area contributed by atoms with Crippen LogP contribution in [0.2, 0.25) is 5.02 Å². The molecule has 0 heterocycles. The van der Waals surface area contributed by atoms with Gasteiger partial charge in [-0.15, -0.1) is 0 Å². The lowest BCUT2D eigenvalue weighted by molar-refractivity contribution is -0.122. The topological polar surface area (TPSA) is 86.3 Å². The number of ether oxygens (including phenoxy) is 4. The van der Waals surface area contributed by atoms with E-state index in [0.29, 0.717) is 39.4 Å². The van der Waals surface area contributed by atoms with Gasteiger partial charge >= 0.3 is 0 Å². The second-order valence-electron chi connectivity index (χ2n) is 7.74. The van der Waals surface area contributed by atoms with Gasteiger partial charge in [-0.2, -0.15) is 0 Å². The molecule has 0 aliphatic rings. The van der Waals surface area contributed by atoms with E-state index in [4.69, 9.17) is 30.5 Å². The fraction of sp³-hybridized carbons (Fsp3) is 0.259. The van der Waals surface area contributed by atoms with Crippen LogP contribution in [0.15, 0.2) is 60.7 Å². The predicted molar refractivity (Wildman–Crippen MR) is 140 cm³/mol. The third-order valence-electron chi connectivity index (χ3n) is 5.48. The molecule has 0 radical (unpaired) electrons. The molecule has 190 valence electrons. The van der Waals surface area contributed by atoms with Crippen LogP contribution in [0.25, 0.3) is 0 Å². The quantitative estimate of drug-likeness (QED) is 0.374. The molecular formula is C27H29ClN2O6. The number of anilines is 2. The maximum Gasteiger partial charge on any atom is 0.227 e. The Morgan fingerprint density at radius 3 is 2.03 bits per heavy atom. The summed E-state index contributed by atoms with van der Waals surface area (Å²) in [5.41, 5.74) is 1.91. The molecule has 3 rings (SSSR count). The summed E-state index contributed by atoms with van der Waals surface area (Å²) in [5, 5.41) is 3.17. The van der Waals surface area contributed by atoms with Crippen LogP contribution in [0.4, 0.5) is 11.4 Å². The number of amides is 2. The second-order valence-corrected chi connectivity index (χ2v) is 8.15. The molecule has 0 aliphatic heterocycles. The minimum absolute atomic E-state index is 0.0202. The van der Waals surface area contributed by atoms with Gasteiger partial charge in [-0.05, 0) is 29.8 Å². The van der Waals surface area contributed by atoms with Crippen molar-refractivity contribution < 1.29 is 28.5 Å². The smallest absolute Gasteiger partial charge is 0.227 e. The zero-order valence-electron chi connectivity index (χ0n) is 20.7. The van der Waals surface area contributed by atoms with Gasteiger partial charge in [0.05, 0.1) is 51.4 Å². The number of carbonyl (C=O) groups excluding carboxylic acids is 2. The molecule has 3 aromatic rings. The first-order valence-corrected chi connectivity index (χ1v) is 11.6. The summed E-state index contributed by atoms with van der Waals surface area (Å²) in [7, 11) is 6.12. The van der Waals surface area contributed by atoms with Gasteiger partial charge in [0.25, 0.3) is 0 Å². The van der Waals surface area contributed by atoms with Gasteiger partial charge in [0.1, 0.15) is 5.75 Å². The summed E-state index contributed by atoms with van der Waals surface area (Å²) in [6.07, 6.45) is -0.0449. The van der Waals surface area contributed by atoms with Gasteiger partial charge < -0.3 is 29.2 Å². The zero-order chi connectivity index (χ0) is 26.1. The van der Waals surface area contributed by atoms with Crippen molar-refractivity contribution in [2.24, 2.45) is 0 Å². The van der Waals surface area contributed by atoms with E-state index in [2.05, 4.69) is 5.32 Å². The first-order valence-electron chi connectivity index (χ1n) is 11.2. The first-order chi connectivity index (χ1) is 17.4. The zero-order valence-corrected chi connectivity index (χ0v) is 21.4. The summed E-state index contributed by atoms with van der Waals surface area (Å²) in [5.74, 6) is 1.38. The molecule has 0 aliphatic carbocycles. The molecule has 8 nitrogen and oxygen atoms in total. The molecule has 0 bridgehead atoms.